The van der Waals surface area contributed by atoms with Crippen molar-refractivity contribution in [1.29, 1.82) is 0 Å². The maximum Gasteiger partial charge on any atom is 0.137 e. The van der Waals surface area contributed by atoms with E-state index >= 15 is 0 Å². The van der Waals surface area contributed by atoms with Crippen molar-refractivity contribution in [3.63, 3.8) is 0 Å². The van der Waals surface area contributed by atoms with Gasteiger partial charge in [-0.1, -0.05) is 0 Å². The Balaban J connectivity index is 1.41. The van der Waals surface area contributed by atoms with Crippen LogP contribution in [0.3, 0.4) is 0 Å². The summed E-state index contributed by atoms with van der Waals surface area (Å²) in [6.45, 7) is 8.39. The standard InChI is InChI=1S/C11H21N3O/c1-2-10-11(15-10)14(5-1)9-8-13-6-3-12-4-7-13/h10-12H,1-9H2. The van der Waals surface area contributed by atoms with E-state index in [1.807, 2.05) is 0 Å². The van der Waals surface area contributed by atoms with E-state index in [4.69, 9.17) is 4.74 Å². The minimum Gasteiger partial charge on any atom is -0.353 e. The number of piperidine rings is 1. The summed E-state index contributed by atoms with van der Waals surface area (Å²) in [5, 5.41) is 3.39. The highest BCUT2D eigenvalue weighted by Crippen LogP contribution is 2.33. The number of hydrogen-bond acceptors (Lipinski definition) is 4. The molecule has 0 aliphatic carbocycles. The number of epoxide rings is 1. The number of hydrogen-bond donors (Lipinski definition) is 1. The van der Waals surface area contributed by atoms with Gasteiger partial charge in [0.1, 0.15) is 6.23 Å². The van der Waals surface area contributed by atoms with Gasteiger partial charge in [-0.05, 0) is 12.8 Å². The van der Waals surface area contributed by atoms with Gasteiger partial charge in [0.25, 0.3) is 0 Å². The molecule has 2 atom stereocenters. The summed E-state index contributed by atoms with van der Waals surface area (Å²) in [5.41, 5.74) is 0. The fraction of sp³-hybridized carbons (Fsp3) is 1.00. The predicted octanol–water partition coefficient (Wildman–Crippen LogP) is -0.288. The zero-order valence-corrected chi connectivity index (χ0v) is 9.32. The minimum absolute atomic E-state index is 0.488. The molecule has 3 heterocycles. The molecule has 15 heavy (non-hydrogen) atoms. The maximum atomic E-state index is 5.63. The van der Waals surface area contributed by atoms with Crippen molar-refractivity contribution < 1.29 is 4.74 Å². The second-order valence-electron chi connectivity index (χ2n) is 4.83. The molecule has 0 amide bonds. The van der Waals surface area contributed by atoms with Crippen molar-refractivity contribution in [3.05, 3.63) is 0 Å². The molecule has 4 nitrogen and oxygen atoms in total. The molecule has 0 bridgehead atoms. The van der Waals surface area contributed by atoms with Crippen LogP contribution in [-0.2, 0) is 4.74 Å². The Morgan fingerprint density at radius 2 is 2.00 bits per heavy atom. The fourth-order valence-electron chi connectivity index (χ4n) is 2.73. The van der Waals surface area contributed by atoms with Gasteiger partial charge in [0.05, 0.1) is 6.10 Å². The summed E-state index contributed by atoms with van der Waals surface area (Å²) < 4.78 is 5.63. The lowest BCUT2D eigenvalue weighted by Crippen LogP contribution is -2.47. The summed E-state index contributed by atoms with van der Waals surface area (Å²) in [5.74, 6) is 0. The van der Waals surface area contributed by atoms with Crippen LogP contribution in [0, 0.1) is 0 Å². The second kappa shape index (κ2) is 4.37. The van der Waals surface area contributed by atoms with Crippen LogP contribution in [0.5, 0.6) is 0 Å². The van der Waals surface area contributed by atoms with Gasteiger partial charge in [0, 0.05) is 45.8 Å². The van der Waals surface area contributed by atoms with Crippen molar-refractivity contribution >= 4 is 0 Å². The van der Waals surface area contributed by atoms with Crippen LogP contribution in [0.15, 0.2) is 0 Å². The first-order valence-corrected chi connectivity index (χ1v) is 6.26. The van der Waals surface area contributed by atoms with Gasteiger partial charge in [-0.25, -0.2) is 0 Å². The van der Waals surface area contributed by atoms with Crippen LogP contribution in [-0.4, -0.2) is 67.9 Å². The van der Waals surface area contributed by atoms with Crippen molar-refractivity contribution in [3.8, 4) is 0 Å². The van der Waals surface area contributed by atoms with Gasteiger partial charge >= 0.3 is 0 Å². The van der Waals surface area contributed by atoms with Gasteiger partial charge in [0.15, 0.2) is 0 Å². The highest BCUT2D eigenvalue weighted by Gasteiger charge is 2.45. The van der Waals surface area contributed by atoms with Gasteiger partial charge in [-0.3, -0.25) is 9.80 Å². The van der Waals surface area contributed by atoms with Crippen LogP contribution in [0.1, 0.15) is 12.8 Å². The molecule has 3 aliphatic heterocycles. The molecule has 1 N–H and O–H groups in total. The molecule has 4 heteroatoms. The van der Waals surface area contributed by atoms with E-state index in [-0.39, 0.29) is 0 Å². The highest BCUT2D eigenvalue weighted by molar-refractivity contribution is 4.90. The molecule has 3 saturated heterocycles. The lowest BCUT2D eigenvalue weighted by Gasteiger charge is -2.30. The topological polar surface area (TPSA) is 31.0 Å². The van der Waals surface area contributed by atoms with Crippen molar-refractivity contribution in [2.75, 3.05) is 45.8 Å². The third-order valence-corrected chi connectivity index (χ3v) is 3.76. The number of ether oxygens (including phenoxy) is 1. The number of likely N-dealkylation sites (tertiary alicyclic amines) is 1. The van der Waals surface area contributed by atoms with Crippen LogP contribution >= 0.6 is 0 Å². The number of nitrogens with one attached hydrogen (secondary N) is 1. The van der Waals surface area contributed by atoms with E-state index < -0.39 is 0 Å². The molecule has 3 rings (SSSR count). The van der Waals surface area contributed by atoms with E-state index in [0.717, 1.165) is 13.1 Å². The Labute approximate surface area is 91.6 Å². The third kappa shape index (κ3) is 2.33. The highest BCUT2D eigenvalue weighted by atomic mass is 16.6. The van der Waals surface area contributed by atoms with Gasteiger partial charge in [-0.15, -0.1) is 0 Å². The van der Waals surface area contributed by atoms with Crippen LogP contribution in [0.4, 0.5) is 0 Å². The first kappa shape index (κ1) is 10.0. The molecular formula is C11H21N3O. The Morgan fingerprint density at radius 1 is 1.13 bits per heavy atom. The first-order valence-electron chi connectivity index (χ1n) is 6.26. The van der Waals surface area contributed by atoms with E-state index in [9.17, 15) is 0 Å². The normalized spacial score (nSPS) is 37.6. The quantitative estimate of drug-likeness (QED) is 0.650. The minimum atomic E-state index is 0.488. The largest absolute Gasteiger partial charge is 0.353 e. The number of nitrogens with zero attached hydrogens (tertiary/aromatic N) is 2. The van der Waals surface area contributed by atoms with Crippen LogP contribution < -0.4 is 5.32 Å². The SMILES string of the molecule is C1CC2OC2N(CCN2CCNCC2)C1. The molecule has 2 unspecified atom stereocenters. The van der Waals surface area contributed by atoms with E-state index in [2.05, 4.69) is 15.1 Å². The Hall–Kier alpha value is -0.160. The summed E-state index contributed by atoms with van der Waals surface area (Å²) in [6.07, 6.45) is 3.68. The molecule has 0 saturated carbocycles. The van der Waals surface area contributed by atoms with Crippen molar-refractivity contribution in [2.45, 2.75) is 25.2 Å². The number of piperazine rings is 1. The zero-order chi connectivity index (χ0) is 10.1. The molecular weight excluding hydrogens is 190 g/mol. The molecule has 3 fully saturated rings. The molecule has 0 radical (unpaired) electrons. The van der Waals surface area contributed by atoms with E-state index in [0.29, 0.717) is 12.3 Å². The van der Waals surface area contributed by atoms with Gasteiger partial charge in [0.2, 0.25) is 0 Å². The lowest BCUT2D eigenvalue weighted by molar-refractivity contribution is 0.141. The molecule has 0 spiro atoms. The van der Waals surface area contributed by atoms with Gasteiger partial charge in [-0.2, -0.15) is 0 Å². The first-order chi connectivity index (χ1) is 7.43. The Kier molecular flexibility index (Phi) is 2.92. The van der Waals surface area contributed by atoms with E-state index in [1.54, 1.807) is 0 Å². The average Bonchev–Trinajstić information content (AvgIpc) is 3.07. The maximum absolute atomic E-state index is 5.63. The fourth-order valence-corrected chi connectivity index (χ4v) is 2.73. The van der Waals surface area contributed by atoms with Gasteiger partial charge < -0.3 is 10.1 Å². The lowest BCUT2D eigenvalue weighted by atomic mass is 10.1. The molecule has 0 aromatic rings. The smallest absolute Gasteiger partial charge is 0.137 e. The van der Waals surface area contributed by atoms with Crippen LogP contribution in [0.25, 0.3) is 0 Å². The second-order valence-corrected chi connectivity index (χ2v) is 4.83. The third-order valence-electron chi connectivity index (χ3n) is 3.76. The monoisotopic (exact) mass is 211 g/mol. The van der Waals surface area contributed by atoms with Crippen molar-refractivity contribution in [1.82, 2.24) is 15.1 Å². The predicted molar refractivity (Wildman–Crippen MR) is 58.8 cm³/mol. The summed E-state index contributed by atoms with van der Waals surface area (Å²) in [6, 6.07) is 0. The average molecular weight is 211 g/mol. The summed E-state index contributed by atoms with van der Waals surface area (Å²) >= 11 is 0. The van der Waals surface area contributed by atoms with Crippen LogP contribution in [0.2, 0.25) is 0 Å². The molecule has 0 aromatic carbocycles. The molecule has 0 aromatic heterocycles. The number of rotatable bonds is 3. The molecule has 86 valence electrons. The summed E-state index contributed by atoms with van der Waals surface area (Å²) in [7, 11) is 0. The molecule has 3 aliphatic rings. The zero-order valence-electron chi connectivity index (χ0n) is 9.32. The Bertz CT molecular complexity index is 218. The number of fused-ring (bicyclic) bond motifs is 1. The Morgan fingerprint density at radius 3 is 2.87 bits per heavy atom. The van der Waals surface area contributed by atoms with E-state index in [1.165, 1.54) is 45.6 Å². The summed E-state index contributed by atoms with van der Waals surface area (Å²) in [4.78, 5) is 5.08. The van der Waals surface area contributed by atoms with Crippen molar-refractivity contribution in [2.24, 2.45) is 0 Å².